The first-order valence-electron chi connectivity index (χ1n) is 9.54. The molecule has 0 saturated heterocycles. The van der Waals surface area contributed by atoms with Crippen molar-refractivity contribution in [2.75, 3.05) is 5.32 Å². The second-order valence-corrected chi connectivity index (χ2v) is 8.34. The zero-order valence-electron chi connectivity index (χ0n) is 15.5. The zero-order chi connectivity index (χ0) is 20.3. The van der Waals surface area contributed by atoms with Crippen LogP contribution in [0.25, 0.3) is 11.0 Å². The highest BCUT2D eigenvalue weighted by Crippen LogP contribution is 2.64. The Bertz CT molecular complexity index is 1090. The molecule has 1 N–H and O–H groups in total. The van der Waals surface area contributed by atoms with E-state index in [9.17, 15) is 13.6 Å². The molecule has 2 fully saturated rings. The Morgan fingerprint density at radius 1 is 1.21 bits per heavy atom. The van der Waals surface area contributed by atoms with Crippen molar-refractivity contribution in [1.82, 2.24) is 19.7 Å². The first-order valence-corrected chi connectivity index (χ1v) is 9.92. The van der Waals surface area contributed by atoms with Crippen molar-refractivity contribution in [3.8, 4) is 0 Å². The van der Waals surface area contributed by atoms with Gasteiger partial charge in [-0.15, -0.1) is 10.2 Å². The van der Waals surface area contributed by atoms with Gasteiger partial charge in [0.2, 0.25) is 5.91 Å². The summed E-state index contributed by atoms with van der Waals surface area (Å²) in [5.74, 6) is -0.389. The van der Waals surface area contributed by atoms with E-state index in [1.165, 1.54) is 6.07 Å². The fourth-order valence-corrected chi connectivity index (χ4v) is 5.04. The zero-order valence-corrected chi connectivity index (χ0v) is 16.3. The summed E-state index contributed by atoms with van der Waals surface area (Å²) in [7, 11) is 0. The third-order valence-corrected chi connectivity index (χ3v) is 6.57. The van der Waals surface area contributed by atoms with Gasteiger partial charge in [-0.1, -0.05) is 18.5 Å². The molecule has 3 aromatic rings. The van der Waals surface area contributed by atoms with E-state index in [2.05, 4.69) is 20.5 Å². The largest absolute Gasteiger partial charge is 0.327 e. The average molecular weight is 418 g/mol. The van der Waals surface area contributed by atoms with E-state index < -0.39 is 11.6 Å². The minimum atomic E-state index is -0.887. The van der Waals surface area contributed by atoms with Crippen LogP contribution in [0.2, 0.25) is 5.15 Å². The molecule has 6 nitrogen and oxygen atoms in total. The number of carbonyl (C=O) groups is 1. The van der Waals surface area contributed by atoms with Crippen LogP contribution in [0, 0.1) is 35.3 Å². The molecule has 5 rings (SSSR count). The first kappa shape index (κ1) is 18.4. The van der Waals surface area contributed by atoms with E-state index in [0.29, 0.717) is 34.6 Å². The first-order chi connectivity index (χ1) is 13.9. The molecular weight excluding hydrogens is 400 g/mol. The van der Waals surface area contributed by atoms with Crippen LogP contribution in [-0.4, -0.2) is 25.7 Å². The van der Waals surface area contributed by atoms with Crippen LogP contribution in [0.4, 0.5) is 14.6 Å². The maximum atomic E-state index is 13.7. The quantitative estimate of drug-likeness (QED) is 0.689. The lowest BCUT2D eigenvalue weighted by Crippen LogP contribution is -2.24. The Labute approximate surface area is 170 Å². The molecule has 29 heavy (non-hydrogen) atoms. The summed E-state index contributed by atoms with van der Waals surface area (Å²) in [6.45, 7) is 1.93. The summed E-state index contributed by atoms with van der Waals surface area (Å²) in [6.07, 6.45) is 3.46. The molecule has 2 heterocycles. The van der Waals surface area contributed by atoms with Gasteiger partial charge in [0.1, 0.15) is 0 Å². The molecule has 0 bridgehead atoms. The molecule has 9 heteroatoms. The van der Waals surface area contributed by atoms with E-state index in [0.717, 1.165) is 18.9 Å². The van der Waals surface area contributed by atoms with Crippen LogP contribution in [0.3, 0.4) is 0 Å². The predicted molar refractivity (Wildman–Crippen MR) is 103 cm³/mol. The van der Waals surface area contributed by atoms with Gasteiger partial charge in [0.25, 0.3) is 0 Å². The Kier molecular flexibility index (Phi) is 4.27. The Balaban J connectivity index is 1.25. The summed E-state index contributed by atoms with van der Waals surface area (Å²) in [6, 6.07) is 5.73. The number of imidazole rings is 1. The van der Waals surface area contributed by atoms with Crippen molar-refractivity contribution in [2.24, 2.45) is 23.7 Å². The molecule has 0 aliphatic heterocycles. The number of benzene rings is 1. The highest BCUT2D eigenvalue weighted by atomic mass is 35.5. The van der Waals surface area contributed by atoms with Gasteiger partial charge in [-0.25, -0.2) is 13.8 Å². The Morgan fingerprint density at radius 2 is 1.93 bits per heavy atom. The van der Waals surface area contributed by atoms with E-state index in [4.69, 9.17) is 11.6 Å². The Morgan fingerprint density at radius 3 is 2.62 bits per heavy atom. The second-order valence-electron chi connectivity index (χ2n) is 7.96. The maximum absolute atomic E-state index is 13.7. The van der Waals surface area contributed by atoms with E-state index in [1.807, 2.05) is 11.5 Å². The normalized spacial score (nSPS) is 26.3. The molecule has 2 aliphatic rings. The van der Waals surface area contributed by atoms with Gasteiger partial charge in [0.15, 0.2) is 22.6 Å². The number of nitrogens with one attached hydrogen (secondary N) is 1. The van der Waals surface area contributed by atoms with Crippen LogP contribution in [0.5, 0.6) is 0 Å². The lowest BCUT2D eigenvalue weighted by atomic mass is 9.96. The van der Waals surface area contributed by atoms with Gasteiger partial charge in [0.05, 0.1) is 17.4 Å². The smallest absolute Gasteiger partial charge is 0.228 e. The van der Waals surface area contributed by atoms with Crippen LogP contribution in [0.1, 0.15) is 25.8 Å². The van der Waals surface area contributed by atoms with Crippen molar-refractivity contribution in [3.63, 3.8) is 0 Å². The summed E-state index contributed by atoms with van der Waals surface area (Å²) < 4.78 is 29.0. The van der Waals surface area contributed by atoms with Gasteiger partial charge >= 0.3 is 0 Å². The number of halogens is 3. The molecule has 0 spiro atoms. The number of carbonyl (C=O) groups excluding carboxylic acids is 1. The van der Waals surface area contributed by atoms with Crippen LogP contribution in [-0.2, 0) is 4.79 Å². The number of aromatic nitrogens is 4. The molecule has 1 aromatic carbocycles. The molecular formula is C20H18ClF2N5O. The minimum absolute atomic E-state index is 0.0804. The average Bonchev–Trinajstić information content (AvgIpc) is 3.02. The molecule has 0 radical (unpaired) electrons. The SMILES string of the molecule is CC(C(=O)Nc1ccc(Cl)nn1)[C@@H]1[C@@H]2C[C@@H](n3cnc4cc(F)c(F)cc43)C[C@@H]21. The van der Waals surface area contributed by atoms with E-state index in [-0.39, 0.29) is 23.0 Å². The van der Waals surface area contributed by atoms with E-state index in [1.54, 1.807) is 18.5 Å². The molecule has 2 saturated carbocycles. The fourth-order valence-electron chi connectivity index (χ4n) is 4.94. The summed E-state index contributed by atoms with van der Waals surface area (Å²) >= 11 is 5.71. The monoisotopic (exact) mass is 417 g/mol. The minimum Gasteiger partial charge on any atom is -0.327 e. The van der Waals surface area contributed by atoms with Crippen LogP contribution < -0.4 is 5.32 Å². The van der Waals surface area contributed by atoms with Crippen molar-refractivity contribution in [1.29, 1.82) is 0 Å². The van der Waals surface area contributed by atoms with Crippen molar-refractivity contribution in [2.45, 2.75) is 25.8 Å². The predicted octanol–water partition coefficient (Wildman–Crippen LogP) is 4.23. The standard InChI is InChI=1S/C20H18ClF2N5O/c1-9(20(29)25-18-3-2-17(21)26-27-18)19-11-4-10(5-12(11)19)28-8-24-15-6-13(22)14(23)7-16(15)28/h2-3,6-12,19H,4-5H2,1H3,(H,25,27,29)/t9?,10-,11-,12+,19-. The summed E-state index contributed by atoms with van der Waals surface area (Å²) in [5.41, 5.74) is 1.07. The second kappa shape index (κ2) is 6.73. The lowest BCUT2D eigenvalue weighted by Gasteiger charge is -2.19. The van der Waals surface area contributed by atoms with E-state index >= 15 is 0 Å². The molecule has 2 aliphatic carbocycles. The van der Waals surface area contributed by atoms with Gasteiger partial charge in [-0.3, -0.25) is 4.79 Å². The van der Waals surface area contributed by atoms with Crippen molar-refractivity contribution in [3.05, 3.63) is 47.4 Å². The number of fused-ring (bicyclic) bond motifs is 2. The molecule has 2 aromatic heterocycles. The molecule has 1 amide bonds. The topological polar surface area (TPSA) is 72.7 Å². The third kappa shape index (κ3) is 3.15. The Hall–Kier alpha value is -2.61. The molecule has 150 valence electrons. The van der Waals surface area contributed by atoms with Gasteiger partial charge in [-0.2, -0.15) is 0 Å². The molecule has 1 unspecified atom stereocenters. The number of rotatable bonds is 4. The fraction of sp³-hybridized carbons (Fsp3) is 0.400. The van der Waals surface area contributed by atoms with Crippen molar-refractivity contribution >= 4 is 34.4 Å². The summed E-state index contributed by atoms with van der Waals surface area (Å²) in [4.78, 5) is 16.8. The van der Waals surface area contributed by atoms with Gasteiger partial charge in [-0.05, 0) is 42.7 Å². The van der Waals surface area contributed by atoms with Gasteiger partial charge < -0.3 is 9.88 Å². The highest BCUT2D eigenvalue weighted by Gasteiger charge is 2.59. The molecule has 5 atom stereocenters. The third-order valence-electron chi connectivity index (χ3n) is 6.37. The maximum Gasteiger partial charge on any atom is 0.228 e. The number of amides is 1. The summed E-state index contributed by atoms with van der Waals surface area (Å²) in [5, 5.41) is 10.6. The van der Waals surface area contributed by atoms with Crippen LogP contribution in [0.15, 0.2) is 30.6 Å². The number of hydrogen-bond acceptors (Lipinski definition) is 4. The highest BCUT2D eigenvalue weighted by molar-refractivity contribution is 6.29. The van der Waals surface area contributed by atoms with Crippen molar-refractivity contribution < 1.29 is 13.6 Å². The van der Waals surface area contributed by atoms with Gasteiger partial charge in [0, 0.05) is 24.1 Å². The number of anilines is 1. The lowest BCUT2D eigenvalue weighted by molar-refractivity contribution is -0.120. The number of nitrogens with zero attached hydrogens (tertiary/aromatic N) is 4. The van der Waals surface area contributed by atoms with Crippen LogP contribution >= 0.6 is 11.6 Å². The number of hydrogen-bond donors (Lipinski definition) is 1.